The number of urea groups is 1. The zero-order valence-corrected chi connectivity index (χ0v) is 11.0. The number of hydrogen-bond acceptors (Lipinski definition) is 4. The third-order valence-electron chi connectivity index (χ3n) is 2.65. The molecule has 0 aliphatic carbocycles. The van der Waals surface area contributed by atoms with E-state index in [4.69, 9.17) is 5.11 Å². The van der Waals surface area contributed by atoms with Gasteiger partial charge in [0.25, 0.3) is 0 Å². The Bertz CT molecular complexity index is 659. The molecule has 21 heavy (non-hydrogen) atoms. The number of nitrogens with zero attached hydrogens (tertiary/aromatic N) is 3. The highest BCUT2D eigenvalue weighted by Crippen LogP contribution is 2.15. The van der Waals surface area contributed by atoms with Gasteiger partial charge < -0.3 is 15.3 Å². The minimum atomic E-state index is -1.40. The van der Waals surface area contributed by atoms with Crippen LogP contribution in [-0.2, 0) is 6.54 Å². The van der Waals surface area contributed by atoms with Gasteiger partial charge in [-0.1, -0.05) is 0 Å². The molecule has 0 bridgehead atoms. The third-order valence-corrected chi connectivity index (χ3v) is 2.65. The topological polar surface area (TPSA) is 111 Å². The van der Waals surface area contributed by atoms with Crippen molar-refractivity contribution in [3.05, 3.63) is 41.7 Å². The first-order valence-corrected chi connectivity index (χ1v) is 5.86. The van der Waals surface area contributed by atoms with Crippen LogP contribution in [-0.4, -0.2) is 44.2 Å². The molecule has 3 N–H and O–H groups in total. The van der Waals surface area contributed by atoms with Crippen LogP contribution in [0.1, 0.15) is 16.2 Å². The Morgan fingerprint density at radius 1 is 1.48 bits per heavy atom. The Kier molecular flexibility index (Phi) is 4.12. The Balaban J connectivity index is 2.05. The number of aromatic amines is 1. The van der Waals surface area contributed by atoms with E-state index in [1.54, 1.807) is 0 Å². The molecule has 2 amide bonds. The van der Waals surface area contributed by atoms with E-state index in [2.05, 4.69) is 20.5 Å². The summed E-state index contributed by atoms with van der Waals surface area (Å²) in [6, 6.07) is 2.82. The highest BCUT2D eigenvalue weighted by molar-refractivity contribution is 5.93. The second-order valence-corrected chi connectivity index (χ2v) is 4.22. The van der Waals surface area contributed by atoms with Crippen LogP contribution < -0.4 is 5.32 Å². The third kappa shape index (κ3) is 3.53. The molecule has 0 aliphatic rings. The molecule has 2 aromatic rings. The molecule has 110 valence electrons. The quantitative estimate of drug-likeness (QED) is 0.787. The molecule has 0 spiro atoms. The molecule has 9 heteroatoms. The lowest BCUT2D eigenvalue weighted by atomic mass is 10.2. The van der Waals surface area contributed by atoms with Crippen LogP contribution in [0.25, 0.3) is 0 Å². The molecule has 0 saturated carbocycles. The summed E-state index contributed by atoms with van der Waals surface area (Å²) in [5.74, 6) is -1.77. The SMILES string of the molecule is CN(Cc1ncn[nH]1)C(=O)Nc1ccc(F)c(C(=O)O)c1. The first-order chi connectivity index (χ1) is 9.97. The van der Waals surface area contributed by atoms with Gasteiger partial charge in [0.2, 0.25) is 0 Å². The van der Waals surface area contributed by atoms with E-state index in [9.17, 15) is 14.0 Å². The Labute approximate surface area is 118 Å². The number of aromatic carboxylic acids is 1. The molecule has 1 aromatic carbocycles. The van der Waals surface area contributed by atoms with Crippen molar-refractivity contribution >= 4 is 17.7 Å². The van der Waals surface area contributed by atoms with Gasteiger partial charge in [-0.3, -0.25) is 5.10 Å². The number of carboxylic acid groups (broad SMARTS) is 1. The number of anilines is 1. The van der Waals surface area contributed by atoms with Gasteiger partial charge in [-0.15, -0.1) is 0 Å². The van der Waals surface area contributed by atoms with E-state index in [0.29, 0.717) is 5.82 Å². The summed E-state index contributed by atoms with van der Waals surface area (Å²) in [6.45, 7) is 0.193. The number of carbonyl (C=O) groups is 2. The van der Waals surface area contributed by atoms with Gasteiger partial charge in [-0.05, 0) is 18.2 Å². The summed E-state index contributed by atoms with van der Waals surface area (Å²) in [7, 11) is 1.53. The first kappa shape index (κ1) is 14.4. The van der Waals surface area contributed by atoms with Crippen LogP contribution in [0.4, 0.5) is 14.9 Å². The number of H-pyrrole nitrogens is 1. The van der Waals surface area contributed by atoms with Crippen LogP contribution in [0.2, 0.25) is 0 Å². The minimum absolute atomic E-state index is 0.184. The van der Waals surface area contributed by atoms with Gasteiger partial charge in [-0.25, -0.2) is 19.0 Å². The molecule has 1 heterocycles. The second-order valence-electron chi connectivity index (χ2n) is 4.22. The smallest absolute Gasteiger partial charge is 0.338 e. The molecule has 0 aliphatic heterocycles. The summed E-state index contributed by atoms with van der Waals surface area (Å²) >= 11 is 0. The lowest BCUT2D eigenvalue weighted by molar-refractivity contribution is 0.0692. The zero-order valence-electron chi connectivity index (χ0n) is 11.0. The van der Waals surface area contributed by atoms with Crippen molar-refractivity contribution in [1.29, 1.82) is 0 Å². The van der Waals surface area contributed by atoms with Gasteiger partial charge in [0, 0.05) is 12.7 Å². The largest absolute Gasteiger partial charge is 0.478 e. The number of nitrogens with one attached hydrogen (secondary N) is 2. The molecular formula is C12H12FN5O3. The molecule has 0 atom stereocenters. The summed E-state index contributed by atoms with van der Waals surface area (Å²) in [5, 5.41) is 17.6. The number of carboxylic acids is 1. The number of benzene rings is 1. The van der Waals surface area contributed by atoms with E-state index < -0.39 is 23.4 Å². The molecule has 0 radical (unpaired) electrons. The number of aromatic nitrogens is 3. The fourth-order valence-electron chi connectivity index (χ4n) is 1.59. The molecule has 0 unspecified atom stereocenters. The highest BCUT2D eigenvalue weighted by atomic mass is 19.1. The van der Waals surface area contributed by atoms with E-state index in [0.717, 1.165) is 12.1 Å². The van der Waals surface area contributed by atoms with Gasteiger partial charge in [0.1, 0.15) is 18.0 Å². The monoisotopic (exact) mass is 293 g/mol. The zero-order chi connectivity index (χ0) is 15.4. The van der Waals surface area contributed by atoms with Gasteiger partial charge in [0.05, 0.1) is 12.1 Å². The summed E-state index contributed by atoms with van der Waals surface area (Å²) in [4.78, 5) is 27.9. The van der Waals surface area contributed by atoms with E-state index in [-0.39, 0.29) is 12.2 Å². The molecule has 2 rings (SSSR count). The fourth-order valence-corrected chi connectivity index (χ4v) is 1.59. The highest BCUT2D eigenvalue weighted by Gasteiger charge is 2.14. The molecule has 1 aromatic heterocycles. The number of amides is 2. The Hall–Kier alpha value is -2.97. The van der Waals surface area contributed by atoms with Crippen molar-refractivity contribution in [3.8, 4) is 0 Å². The van der Waals surface area contributed by atoms with Crippen molar-refractivity contribution in [2.75, 3.05) is 12.4 Å². The fraction of sp³-hybridized carbons (Fsp3) is 0.167. The van der Waals surface area contributed by atoms with Crippen molar-refractivity contribution in [3.63, 3.8) is 0 Å². The first-order valence-electron chi connectivity index (χ1n) is 5.86. The van der Waals surface area contributed by atoms with Gasteiger partial charge in [-0.2, -0.15) is 5.10 Å². The van der Waals surface area contributed by atoms with E-state index >= 15 is 0 Å². The number of rotatable bonds is 4. The van der Waals surface area contributed by atoms with Crippen LogP contribution >= 0.6 is 0 Å². The predicted molar refractivity (Wildman–Crippen MR) is 70.2 cm³/mol. The van der Waals surface area contributed by atoms with E-state index in [1.807, 2.05) is 0 Å². The van der Waals surface area contributed by atoms with Crippen molar-refractivity contribution in [2.24, 2.45) is 0 Å². The lowest BCUT2D eigenvalue weighted by Crippen LogP contribution is -2.31. The molecule has 8 nitrogen and oxygen atoms in total. The number of halogens is 1. The maximum atomic E-state index is 13.2. The summed E-state index contributed by atoms with van der Waals surface area (Å²) < 4.78 is 13.2. The molecular weight excluding hydrogens is 281 g/mol. The molecule has 0 fully saturated rings. The maximum Gasteiger partial charge on any atom is 0.338 e. The predicted octanol–water partition coefficient (Wildman–Crippen LogP) is 1.31. The Morgan fingerprint density at radius 3 is 2.86 bits per heavy atom. The summed E-state index contributed by atoms with van der Waals surface area (Å²) in [6.07, 6.45) is 1.32. The van der Waals surface area contributed by atoms with Crippen LogP contribution in [0.15, 0.2) is 24.5 Å². The lowest BCUT2D eigenvalue weighted by Gasteiger charge is -2.16. The second kappa shape index (κ2) is 5.99. The minimum Gasteiger partial charge on any atom is -0.478 e. The van der Waals surface area contributed by atoms with Crippen molar-refractivity contribution in [2.45, 2.75) is 6.54 Å². The number of hydrogen-bond donors (Lipinski definition) is 3. The van der Waals surface area contributed by atoms with Crippen LogP contribution in [0.3, 0.4) is 0 Å². The van der Waals surface area contributed by atoms with Gasteiger partial charge in [0.15, 0.2) is 0 Å². The van der Waals surface area contributed by atoms with Crippen LogP contribution in [0, 0.1) is 5.82 Å². The average Bonchev–Trinajstić information content (AvgIpc) is 2.93. The molecule has 0 saturated heterocycles. The maximum absolute atomic E-state index is 13.2. The normalized spacial score (nSPS) is 10.2. The average molecular weight is 293 g/mol. The van der Waals surface area contributed by atoms with Gasteiger partial charge >= 0.3 is 12.0 Å². The van der Waals surface area contributed by atoms with Crippen LogP contribution in [0.5, 0.6) is 0 Å². The number of carbonyl (C=O) groups excluding carboxylic acids is 1. The van der Waals surface area contributed by atoms with Crippen molar-refractivity contribution in [1.82, 2.24) is 20.1 Å². The standard InChI is InChI=1S/C12H12FN5O3/c1-18(5-10-14-6-15-17-10)12(21)16-7-2-3-9(13)8(4-7)11(19)20/h2-4,6H,5H2,1H3,(H,16,21)(H,19,20)(H,14,15,17). The van der Waals surface area contributed by atoms with Crippen molar-refractivity contribution < 1.29 is 19.1 Å². The summed E-state index contributed by atoms with van der Waals surface area (Å²) in [5.41, 5.74) is -0.325. The Morgan fingerprint density at radius 2 is 2.24 bits per heavy atom. The van der Waals surface area contributed by atoms with E-state index in [1.165, 1.54) is 24.3 Å².